The first-order chi connectivity index (χ1) is 34.4. The predicted octanol–water partition coefficient (Wildman–Crippen LogP) is 16.5. The van der Waals surface area contributed by atoms with Crippen molar-refractivity contribution in [1.82, 2.24) is 4.57 Å². The number of benzene rings is 6. The summed E-state index contributed by atoms with van der Waals surface area (Å²) >= 11 is 0. The molecule has 3 aliphatic carbocycles. The summed E-state index contributed by atoms with van der Waals surface area (Å²) in [4.78, 5) is 5.67. The van der Waals surface area contributed by atoms with Crippen LogP contribution in [-0.2, 0) is 32.5 Å². The Bertz CT molecular complexity index is 3760. The molecule has 1 fully saturated rings. The average molecular weight is 962 g/mol. The number of hydrogen-bond donors (Lipinski definition) is 0. The van der Waals surface area contributed by atoms with Crippen LogP contribution in [0.3, 0.4) is 0 Å². The van der Waals surface area contributed by atoms with Crippen molar-refractivity contribution in [2.24, 2.45) is 0 Å². The SMILES string of the molecule is Cc1cc2c(cc1N(c1cc3c4c(c1)-n1c5c(cc(C(C)(C)C)cc5c5oc6ccccc6c51)B4c1cccc4c1N3C1(C)CCCCC41C)c1ccc3c(c1C)C(C)(C)CCC3(C)C)C(C)(C)CCC2(C)C. The molecule has 4 nitrogen and oxygen atoms in total. The third-order valence-corrected chi connectivity index (χ3v) is 21.1. The molecular weight excluding hydrogens is 886 g/mol. The normalized spacial score (nSPS) is 23.3. The van der Waals surface area contributed by atoms with Crippen molar-refractivity contribution >= 4 is 84.5 Å². The van der Waals surface area contributed by atoms with Gasteiger partial charge in [-0.05, 0) is 190 Å². The number of nitrogens with zero attached hydrogens (tertiary/aromatic N) is 3. The Balaban J connectivity index is 1.17. The van der Waals surface area contributed by atoms with Crippen LogP contribution in [0.15, 0.2) is 95.4 Å². The molecule has 73 heavy (non-hydrogen) atoms. The molecule has 372 valence electrons. The molecule has 0 saturated heterocycles. The van der Waals surface area contributed by atoms with Gasteiger partial charge in [0.25, 0.3) is 6.71 Å². The lowest BCUT2D eigenvalue weighted by Gasteiger charge is -2.52. The zero-order chi connectivity index (χ0) is 51.1. The zero-order valence-electron chi connectivity index (χ0n) is 46.6. The van der Waals surface area contributed by atoms with E-state index in [9.17, 15) is 0 Å². The summed E-state index contributed by atoms with van der Waals surface area (Å²) in [6.07, 6.45) is 9.58. The second kappa shape index (κ2) is 14.2. The van der Waals surface area contributed by atoms with Gasteiger partial charge < -0.3 is 18.8 Å². The van der Waals surface area contributed by atoms with Gasteiger partial charge in [-0.25, -0.2) is 0 Å². The first-order valence-electron chi connectivity index (χ1n) is 28.1. The van der Waals surface area contributed by atoms with Crippen LogP contribution < -0.4 is 26.2 Å². The first-order valence-corrected chi connectivity index (χ1v) is 28.1. The lowest BCUT2D eigenvalue weighted by Crippen LogP contribution is -2.64. The molecule has 5 heteroatoms. The standard InChI is InChI=1S/C68H76BN3O/c1-39-33-47-48(65(10,11)30-29-64(47,8)9)38-52(39)70(51-26-25-45-56(40(51)2)66(12,13)32-31-63(45,6)7)42-36-53-57-54(37-42)72-60-46(67(14)27-18-19-28-68(67,72)15)22-20-23-49(60)69(57)50-35-41(62(3,4)5)34-44-58(50)71(53)59-43-21-16-17-24-55(43)73-61(44)59/h16-17,20-26,33-38H,18-19,27-32H2,1-15H3. The maximum absolute atomic E-state index is 7.13. The first kappa shape index (κ1) is 45.9. The Labute approximate surface area is 435 Å². The van der Waals surface area contributed by atoms with E-state index in [0.29, 0.717) is 0 Å². The van der Waals surface area contributed by atoms with Crippen molar-refractivity contribution in [2.45, 2.75) is 193 Å². The lowest BCUT2D eigenvalue weighted by molar-refractivity contribution is 0.195. The number of aryl methyl sites for hydroxylation is 1. The lowest BCUT2D eigenvalue weighted by atomic mass is 9.33. The van der Waals surface area contributed by atoms with Crippen molar-refractivity contribution in [3.05, 3.63) is 136 Å². The van der Waals surface area contributed by atoms with Crippen molar-refractivity contribution in [3.63, 3.8) is 0 Å². The summed E-state index contributed by atoms with van der Waals surface area (Å²) in [5.41, 5.74) is 28.4. The topological polar surface area (TPSA) is 24.6 Å². The molecule has 0 radical (unpaired) electrons. The minimum absolute atomic E-state index is 0.000466. The van der Waals surface area contributed by atoms with Gasteiger partial charge in [0.05, 0.1) is 16.7 Å². The van der Waals surface area contributed by atoms with Gasteiger partial charge in [0.2, 0.25) is 0 Å². The highest BCUT2D eigenvalue weighted by atomic mass is 16.3. The summed E-state index contributed by atoms with van der Waals surface area (Å²) in [5.74, 6) is 0. The highest BCUT2D eigenvalue weighted by molar-refractivity contribution is 7.00. The van der Waals surface area contributed by atoms with E-state index < -0.39 is 0 Å². The van der Waals surface area contributed by atoms with Crippen LogP contribution in [0.4, 0.5) is 28.4 Å². The summed E-state index contributed by atoms with van der Waals surface area (Å²) in [6.45, 7) is 37.2. The van der Waals surface area contributed by atoms with Crippen molar-refractivity contribution in [1.29, 1.82) is 0 Å². The fraction of sp³-hybridized carbons (Fsp3) is 0.441. The Morgan fingerprint density at radius 1 is 0.575 bits per heavy atom. The fourth-order valence-electron chi connectivity index (χ4n) is 16.4. The molecule has 5 heterocycles. The Morgan fingerprint density at radius 3 is 1.99 bits per heavy atom. The number of hydrogen-bond acceptors (Lipinski definition) is 3. The van der Waals surface area contributed by atoms with Gasteiger partial charge in [0.15, 0.2) is 5.58 Å². The summed E-state index contributed by atoms with van der Waals surface area (Å²) in [5, 5.41) is 2.39. The minimum atomic E-state index is -0.113. The van der Waals surface area contributed by atoms with Gasteiger partial charge in [-0.3, -0.25) is 0 Å². The van der Waals surface area contributed by atoms with Crippen molar-refractivity contribution < 1.29 is 4.42 Å². The van der Waals surface area contributed by atoms with Crippen LogP contribution in [0.5, 0.6) is 0 Å². The molecule has 6 aliphatic rings. The number of furan rings is 1. The van der Waals surface area contributed by atoms with Crippen LogP contribution in [0.25, 0.3) is 38.7 Å². The molecule has 3 aliphatic heterocycles. The van der Waals surface area contributed by atoms with Gasteiger partial charge in [-0.15, -0.1) is 0 Å². The molecule has 0 N–H and O–H groups in total. The van der Waals surface area contributed by atoms with Gasteiger partial charge >= 0.3 is 0 Å². The predicted molar refractivity (Wildman–Crippen MR) is 311 cm³/mol. The van der Waals surface area contributed by atoms with E-state index in [1.54, 1.807) is 0 Å². The molecule has 6 aromatic carbocycles. The number of anilines is 5. The fourth-order valence-corrected chi connectivity index (χ4v) is 16.4. The highest BCUT2D eigenvalue weighted by Gasteiger charge is 2.61. The van der Waals surface area contributed by atoms with Gasteiger partial charge in [0, 0.05) is 44.6 Å². The highest BCUT2D eigenvalue weighted by Crippen LogP contribution is 2.62. The van der Waals surface area contributed by atoms with Crippen LogP contribution in [-0.4, -0.2) is 16.8 Å². The number of para-hydroxylation sites is 2. The largest absolute Gasteiger partial charge is 0.454 e. The molecule has 1 saturated carbocycles. The number of aromatic nitrogens is 1. The maximum atomic E-state index is 7.13. The van der Waals surface area contributed by atoms with E-state index in [0.717, 1.165) is 17.6 Å². The molecule has 0 bridgehead atoms. The smallest absolute Gasteiger partial charge is 0.252 e. The van der Waals surface area contributed by atoms with E-state index in [-0.39, 0.29) is 44.7 Å². The number of rotatable bonds is 3. The van der Waals surface area contributed by atoms with E-state index in [1.165, 1.54) is 162 Å². The molecule has 0 spiro atoms. The third kappa shape index (κ3) is 5.76. The molecule has 2 aromatic heterocycles. The molecule has 8 aromatic rings. The number of fused-ring (bicyclic) bond motifs is 14. The third-order valence-electron chi connectivity index (χ3n) is 21.1. The van der Waals surface area contributed by atoms with Crippen LogP contribution in [0.1, 0.15) is 186 Å². The molecular formula is C68H76BN3O. The molecule has 0 amide bonds. The van der Waals surface area contributed by atoms with Crippen LogP contribution in [0, 0.1) is 13.8 Å². The molecule has 2 unspecified atom stereocenters. The zero-order valence-corrected chi connectivity index (χ0v) is 46.6. The summed E-state index contributed by atoms with van der Waals surface area (Å²) in [6, 6.07) is 36.9. The van der Waals surface area contributed by atoms with Gasteiger partial charge in [-0.1, -0.05) is 144 Å². The molecule has 14 rings (SSSR count). The van der Waals surface area contributed by atoms with Crippen molar-refractivity contribution in [2.75, 3.05) is 9.80 Å². The van der Waals surface area contributed by atoms with E-state index in [1.807, 2.05) is 0 Å². The van der Waals surface area contributed by atoms with E-state index in [4.69, 9.17) is 4.42 Å². The van der Waals surface area contributed by atoms with Crippen molar-refractivity contribution in [3.8, 4) is 5.69 Å². The summed E-state index contributed by atoms with van der Waals surface area (Å²) < 4.78 is 9.81. The monoisotopic (exact) mass is 962 g/mol. The average Bonchev–Trinajstić information content (AvgIpc) is 3.94. The van der Waals surface area contributed by atoms with Gasteiger partial charge in [-0.2, -0.15) is 0 Å². The molecule has 2 atom stereocenters. The second-order valence-corrected chi connectivity index (χ2v) is 28.2. The van der Waals surface area contributed by atoms with Crippen LogP contribution >= 0.6 is 0 Å². The second-order valence-electron chi connectivity index (χ2n) is 28.2. The Morgan fingerprint density at radius 2 is 1.25 bits per heavy atom. The van der Waals surface area contributed by atoms with E-state index in [2.05, 4.69) is 209 Å². The Hall–Kier alpha value is -5.68. The van der Waals surface area contributed by atoms with Gasteiger partial charge in [0.1, 0.15) is 11.1 Å². The van der Waals surface area contributed by atoms with Crippen LogP contribution in [0.2, 0.25) is 0 Å². The van der Waals surface area contributed by atoms with E-state index >= 15 is 0 Å². The Kier molecular flexibility index (Phi) is 8.91. The minimum Gasteiger partial charge on any atom is -0.454 e. The summed E-state index contributed by atoms with van der Waals surface area (Å²) in [7, 11) is 0. The maximum Gasteiger partial charge on any atom is 0.252 e. The quantitative estimate of drug-likeness (QED) is 0.165.